The van der Waals surface area contributed by atoms with E-state index in [2.05, 4.69) is 25.8 Å². The van der Waals surface area contributed by atoms with Crippen LogP contribution >= 0.6 is 11.6 Å². The van der Waals surface area contributed by atoms with Gasteiger partial charge in [-0.3, -0.25) is 0 Å². The number of hydrogen-bond acceptors (Lipinski definition) is 6. The number of nitrogens with zero attached hydrogens (tertiary/aromatic N) is 4. The Morgan fingerprint density at radius 2 is 2.17 bits per heavy atom. The number of carbonyl (C=O) groups excluding carboxylic acids is 1. The van der Waals surface area contributed by atoms with Gasteiger partial charge in [0.25, 0.3) is 0 Å². The second kappa shape index (κ2) is 10.8. The zero-order chi connectivity index (χ0) is 21.3. The van der Waals surface area contributed by atoms with Crippen molar-refractivity contribution in [2.45, 2.75) is 39.3 Å². The molecular formula is C20H27ClN6O3. The first-order chi connectivity index (χ1) is 14.6. The van der Waals surface area contributed by atoms with Gasteiger partial charge in [0.2, 0.25) is 11.7 Å². The maximum absolute atomic E-state index is 11.8. The lowest BCUT2D eigenvalue weighted by Gasteiger charge is -2.32. The fraction of sp³-hybridized carbons (Fsp3) is 0.500. The van der Waals surface area contributed by atoms with E-state index < -0.39 is 0 Å². The lowest BCUT2D eigenvalue weighted by Crippen LogP contribution is -2.49. The topological polar surface area (TPSA) is 105 Å². The lowest BCUT2D eigenvalue weighted by molar-refractivity contribution is 0.0963. The first-order valence-corrected chi connectivity index (χ1v) is 10.5. The average molecular weight is 435 g/mol. The molecule has 1 saturated heterocycles. The highest BCUT2D eigenvalue weighted by Gasteiger charge is 2.24. The van der Waals surface area contributed by atoms with Crippen molar-refractivity contribution in [3.63, 3.8) is 0 Å². The molecular weight excluding hydrogens is 408 g/mol. The molecule has 3 rings (SSSR count). The van der Waals surface area contributed by atoms with E-state index in [1.807, 2.05) is 26.0 Å². The fourth-order valence-corrected chi connectivity index (χ4v) is 3.34. The molecule has 0 radical (unpaired) electrons. The number of piperidine rings is 1. The van der Waals surface area contributed by atoms with Gasteiger partial charge in [0.1, 0.15) is 6.54 Å². The Morgan fingerprint density at radius 1 is 1.37 bits per heavy atom. The number of halogens is 1. The minimum atomic E-state index is -0.247. The van der Waals surface area contributed by atoms with Crippen LogP contribution in [0.1, 0.15) is 32.6 Å². The molecule has 0 aliphatic carbocycles. The highest BCUT2D eigenvalue weighted by Crippen LogP contribution is 2.20. The molecule has 10 heteroatoms. The summed E-state index contributed by atoms with van der Waals surface area (Å²) in [6, 6.07) is 7.51. The van der Waals surface area contributed by atoms with E-state index in [9.17, 15) is 4.79 Å². The van der Waals surface area contributed by atoms with E-state index >= 15 is 0 Å². The number of carbonyl (C=O) groups is 1. The van der Waals surface area contributed by atoms with Crippen molar-refractivity contribution < 1.29 is 14.1 Å². The Morgan fingerprint density at radius 3 is 2.87 bits per heavy atom. The van der Waals surface area contributed by atoms with Crippen molar-refractivity contribution in [1.82, 2.24) is 25.7 Å². The molecule has 2 N–H and O–H groups in total. The number of ether oxygens (including phenoxy) is 1. The second-order valence-corrected chi connectivity index (χ2v) is 7.26. The zero-order valence-corrected chi connectivity index (χ0v) is 18.0. The monoisotopic (exact) mass is 434 g/mol. The maximum atomic E-state index is 11.8. The molecule has 1 fully saturated rings. The van der Waals surface area contributed by atoms with Crippen LogP contribution in [0.3, 0.4) is 0 Å². The molecule has 1 aromatic heterocycles. The predicted octanol–water partition coefficient (Wildman–Crippen LogP) is 3.07. The third-order valence-corrected chi connectivity index (χ3v) is 4.86. The Bertz CT molecular complexity index is 864. The number of likely N-dealkylation sites (tertiary alicyclic amines) is 1. The summed E-state index contributed by atoms with van der Waals surface area (Å²) in [6.45, 7) is 6.50. The molecule has 2 heterocycles. The van der Waals surface area contributed by atoms with Gasteiger partial charge in [-0.1, -0.05) is 28.9 Å². The van der Waals surface area contributed by atoms with Crippen LogP contribution in [-0.2, 0) is 11.3 Å². The van der Waals surface area contributed by atoms with E-state index in [4.69, 9.17) is 20.9 Å². The smallest absolute Gasteiger partial charge is 0.409 e. The normalized spacial score (nSPS) is 15.2. The van der Waals surface area contributed by atoms with E-state index in [1.54, 1.807) is 17.0 Å². The summed E-state index contributed by atoms with van der Waals surface area (Å²) in [5.41, 5.74) is 0.792. The van der Waals surface area contributed by atoms with Crippen molar-refractivity contribution >= 4 is 23.7 Å². The summed E-state index contributed by atoms with van der Waals surface area (Å²) in [5, 5.41) is 11.3. The first-order valence-electron chi connectivity index (χ1n) is 10.1. The number of benzene rings is 1. The summed E-state index contributed by atoms with van der Waals surface area (Å²) in [4.78, 5) is 22.5. The predicted molar refractivity (Wildman–Crippen MR) is 114 cm³/mol. The van der Waals surface area contributed by atoms with Crippen LogP contribution in [0.2, 0.25) is 5.02 Å². The van der Waals surface area contributed by atoms with E-state index in [0.717, 1.165) is 24.9 Å². The third kappa shape index (κ3) is 6.09. The highest BCUT2D eigenvalue weighted by molar-refractivity contribution is 6.30. The molecule has 9 nitrogen and oxygen atoms in total. The SMILES string of the molecule is CCNC(=NCc1nc(-c2cccc(Cl)c2)no1)NC1CCN(C(=O)OCC)CC1. The fourth-order valence-electron chi connectivity index (χ4n) is 3.15. The van der Waals surface area contributed by atoms with Crippen LogP contribution in [-0.4, -0.2) is 59.4 Å². The van der Waals surface area contributed by atoms with Crippen molar-refractivity contribution in [1.29, 1.82) is 0 Å². The summed E-state index contributed by atoms with van der Waals surface area (Å²) in [5.74, 6) is 1.57. The first kappa shape index (κ1) is 21.9. The molecule has 1 aromatic carbocycles. The summed E-state index contributed by atoms with van der Waals surface area (Å²) in [7, 11) is 0. The number of guanidine groups is 1. The standard InChI is InChI=1S/C20H27ClN6O3/c1-3-22-19(24-16-8-10-27(11-9-16)20(28)29-4-2)23-13-17-25-18(26-30-17)14-6-5-7-15(21)12-14/h5-7,12,16H,3-4,8-11,13H2,1-2H3,(H2,22,23,24). The maximum Gasteiger partial charge on any atom is 0.409 e. The molecule has 2 aromatic rings. The van der Waals surface area contributed by atoms with Gasteiger partial charge in [0.05, 0.1) is 6.61 Å². The molecule has 0 bridgehead atoms. The summed E-state index contributed by atoms with van der Waals surface area (Å²) < 4.78 is 10.4. The van der Waals surface area contributed by atoms with Crippen molar-refractivity contribution in [2.24, 2.45) is 4.99 Å². The summed E-state index contributed by atoms with van der Waals surface area (Å²) in [6.07, 6.45) is 1.40. The van der Waals surface area contributed by atoms with Gasteiger partial charge >= 0.3 is 6.09 Å². The van der Waals surface area contributed by atoms with Crippen molar-refractivity contribution in [3.8, 4) is 11.4 Å². The Hall–Kier alpha value is -2.81. The molecule has 162 valence electrons. The van der Waals surface area contributed by atoms with Gasteiger partial charge in [-0.25, -0.2) is 9.79 Å². The summed E-state index contributed by atoms with van der Waals surface area (Å²) >= 11 is 6.02. The Kier molecular flexibility index (Phi) is 7.89. The van der Waals surface area contributed by atoms with Gasteiger partial charge in [-0.2, -0.15) is 4.98 Å². The average Bonchev–Trinajstić information content (AvgIpc) is 3.22. The van der Waals surface area contributed by atoms with Gasteiger partial charge < -0.3 is 24.8 Å². The van der Waals surface area contributed by atoms with Gasteiger partial charge in [0, 0.05) is 36.3 Å². The number of nitrogens with one attached hydrogen (secondary N) is 2. The number of aliphatic imine (C=N–C) groups is 1. The van der Waals surface area contributed by atoms with E-state index in [-0.39, 0.29) is 18.7 Å². The highest BCUT2D eigenvalue weighted by atomic mass is 35.5. The lowest BCUT2D eigenvalue weighted by atomic mass is 10.1. The minimum absolute atomic E-state index is 0.221. The van der Waals surface area contributed by atoms with E-state index in [0.29, 0.717) is 42.4 Å². The number of rotatable bonds is 6. The van der Waals surface area contributed by atoms with Gasteiger partial charge in [-0.15, -0.1) is 0 Å². The quantitative estimate of drug-likeness (QED) is 0.531. The molecule has 1 aliphatic rings. The Labute approximate surface area is 180 Å². The molecule has 0 saturated carbocycles. The molecule has 30 heavy (non-hydrogen) atoms. The molecule has 0 unspecified atom stereocenters. The van der Waals surface area contributed by atoms with Crippen molar-refractivity contribution in [2.75, 3.05) is 26.2 Å². The van der Waals surface area contributed by atoms with Crippen LogP contribution in [0.25, 0.3) is 11.4 Å². The second-order valence-electron chi connectivity index (χ2n) is 6.82. The van der Waals surface area contributed by atoms with E-state index in [1.165, 1.54) is 0 Å². The zero-order valence-electron chi connectivity index (χ0n) is 17.2. The molecule has 1 amide bonds. The third-order valence-electron chi connectivity index (χ3n) is 4.63. The van der Waals surface area contributed by atoms with Crippen LogP contribution < -0.4 is 10.6 Å². The number of hydrogen-bond donors (Lipinski definition) is 2. The Balaban J connectivity index is 1.56. The van der Waals surface area contributed by atoms with Crippen LogP contribution in [0.15, 0.2) is 33.8 Å². The largest absolute Gasteiger partial charge is 0.450 e. The van der Waals surface area contributed by atoms with Crippen LogP contribution in [0, 0.1) is 0 Å². The molecule has 1 aliphatic heterocycles. The van der Waals surface area contributed by atoms with Crippen LogP contribution in [0.4, 0.5) is 4.79 Å². The van der Waals surface area contributed by atoms with Crippen LogP contribution in [0.5, 0.6) is 0 Å². The minimum Gasteiger partial charge on any atom is -0.450 e. The van der Waals surface area contributed by atoms with Crippen molar-refractivity contribution in [3.05, 3.63) is 35.2 Å². The number of amides is 1. The number of aromatic nitrogens is 2. The molecule has 0 spiro atoms. The van der Waals surface area contributed by atoms with Gasteiger partial charge in [0.15, 0.2) is 5.96 Å². The van der Waals surface area contributed by atoms with Gasteiger partial charge in [-0.05, 0) is 38.8 Å². The molecule has 0 atom stereocenters.